The molecule has 0 aromatic heterocycles. The highest BCUT2D eigenvalue weighted by Crippen LogP contribution is 2.45. The highest BCUT2D eigenvalue weighted by atomic mass is 14.7. The number of nitrogens with zero attached hydrogens (tertiary/aromatic N) is 4. The van der Waals surface area contributed by atoms with Gasteiger partial charge in [-0.25, -0.2) is 20.2 Å². The van der Waals surface area contributed by atoms with Crippen LogP contribution in [0.25, 0.3) is 20.8 Å². The number of nitriles is 2. The number of allylic oxidation sites excluding steroid dienone is 4. The third-order valence-electron chi connectivity index (χ3n) is 4.11. The molecule has 1 aromatic carbocycles. The summed E-state index contributed by atoms with van der Waals surface area (Å²) in [4.78, 5) is 6.63. The molecule has 0 saturated carbocycles. The molecule has 110 valence electrons. The normalized spacial score (nSPS) is 16.4. The zero-order chi connectivity index (χ0) is 17.0. The summed E-state index contributed by atoms with van der Waals surface area (Å²) in [6, 6.07) is 7.90. The average molecular weight is 298 g/mol. The summed E-state index contributed by atoms with van der Waals surface area (Å²) >= 11 is 0. The Morgan fingerprint density at radius 1 is 0.957 bits per heavy atom. The minimum Gasteiger partial charge on any atom is -0.226 e. The monoisotopic (exact) mass is 298 g/mol. The molecule has 0 N–H and O–H groups in total. The largest absolute Gasteiger partial charge is 0.265 e. The molecule has 1 aromatic rings. The summed E-state index contributed by atoms with van der Waals surface area (Å²) in [5.74, 6) is 0. The molecular formula is C19H14N4. The van der Waals surface area contributed by atoms with Gasteiger partial charge in [-0.2, -0.15) is 0 Å². The van der Waals surface area contributed by atoms with E-state index in [-0.39, 0.29) is 11.4 Å². The average Bonchev–Trinajstić information content (AvgIpc) is 2.94. The fourth-order valence-electron chi connectivity index (χ4n) is 2.96. The predicted octanol–water partition coefficient (Wildman–Crippen LogP) is 4.52. The number of hydrogen-bond acceptors (Lipinski definition) is 2. The lowest BCUT2D eigenvalue weighted by Crippen LogP contribution is -1.95. The first-order valence-corrected chi connectivity index (χ1v) is 7.32. The summed E-state index contributed by atoms with van der Waals surface area (Å²) in [6.07, 6.45) is 2.01. The van der Waals surface area contributed by atoms with Crippen LogP contribution in [-0.4, -0.2) is 0 Å². The minimum absolute atomic E-state index is 0.0369. The molecular weight excluding hydrogens is 284 g/mol. The summed E-state index contributed by atoms with van der Waals surface area (Å²) in [6.45, 7) is 18.5. The number of hydrogen-bond donors (Lipinski definition) is 0. The SMILES string of the molecule is [C-]#[N+]C(C#N)=C1CC(=C(C#N)[N+]#[C-])c2cc(CC)c(CC)cc21. The minimum atomic E-state index is 0.0369. The van der Waals surface area contributed by atoms with Crippen LogP contribution in [0.4, 0.5) is 0 Å². The molecule has 23 heavy (non-hydrogen) atoms. The fourth-order valence-corrected chi connectivity index (χ4v) is 2.96. The van der Waals surface area contributed by atoms with E-state index in [1.54, 1.807) is 0 Å². The van der Waals surface area contributed by atoms with Crippen molar-refractivity contribution in [2.45, 2.75) is 33.1 Å². The van der Waals surface area contributed by atoms with Crippen LogP contribution in [0.15, 0.2) is 23.5 Å². The van der Waals surface area contributed by atoms with Crippen LogP contribution < -0.4 is 0 Å². The standard InChI is InChI=1S/C19H14N4/c1-5-12-7-14-15(8-13(12)6-2)17(19(11-21)23-4)9-16(14)18(10-20)22-3/h7-8H,5-6,9H2,1-2H3. The molecule has 1 aliphatic carbocycles. The number of fused-ring (bicyclic) bond motifs is 1. The topological polar surface area (TPSA) is 56.3 Å². The molecule has 0 aliphatic heterocycles. The molecule has 4 heteroatoms. The lowest BCUT2D eigenvalue weighted by Gasteiger charge is -2.11. The van der Waals surface area contributed by atoms with E-state index in [1.165, 1.54) is 11.1 Å². The van der Waals surface area contributed by atoms with Crippen molar-refractivity contribution < 1.29 is 0 Å². The van der Waals surface area contributed by atoms with Crippen LogP contribution in [0.1, 0.15) is 42.5 Å². The molecule has 4 nitrogen and oxygen atoms in total. The van der Waals surface area contributed by atoms with Gasteiger partial charge in [0.15, 0.2) is 0 Å². The van der Waals surface area contributed by atoms with Gasteiger partial charge in [-0.05, 0) is 52.7 Å². The van der Waals surface area contributed by atoms with E-state index in [1.807, 2.05) is 24.3 Å². The van der Waals surface area contributed by atoms with Crippen molar-refractivity contribution in [2.24, 2.45) is 0 Å². The Morgan fingerprint density at radius 3 is 1.61 bits per heavy atom. The van der Waals surface area contributed by atoms with Crippen LogP contribution in [0.2, 0.25) is 0 Å². The van der Waals surface area contributed by atoms with Crippen molar-refractivity contribution in [1.29, 1.82) is 10.5 Å². The third kappa shape index (κ3) is 2.60. The Kier molecular flexibility index (Phi) is 4.61. The van der Waals surface area contributed by atoms with Crippen LogP contribution in [0.3, 0.4) is 0 Å². The molecule has 0 saturated heterocycles. The molecule has 2 rings (SSSR count). The van der Waals surface area contributed by atoms with Gasteiger partial charge in [0, 0.05) is 0 Å². The van der Waals surface area contributed by atoms with Gasteiger partial charge < -0.3 is 0 Å². The van der Waals surface area contributed by atoms with Crippen molar-refractivity contribution in [3.63, 3.8) is 0 Å². The third-order valence-corrected chi connectivity index (χ3v) is 4.11. The van der Waals surface area contributed by atoms with Crippen molar-refractivity contribution >= 4 is 11.1 Å². The highest BCUT2D eigenvalue weighted by Gasteiger charge is 2.27. The molecule has 0 unspecified atom stereocenters. The van der Waals surface area contributed by atoms with E-state index in [0.29, 0.717) is 17.6 Å². The van der Waals surface area contributed by atoms with Gasteiger partial charge in [0.2, 0.25) is 0 Å². The fraction of sp³-hybridized carbons (Fsp3) is 0.263. The van der Waals surface area contributed by atoms with E-state index >= 15 is 0 Å². The Hall–Kier alpha value is -3.34. The Balaban J connectivity index is 2.91. The van der Waals surface area contributed by atoms with E-state index in [4.69, 9.17) is 13.1 Å². The number of rotatable bonds is 2. The number of aryl methyl sites for hydroxylation is 2. The van der Waals surface area contributed by atoms with E-state index in [2.05, 4.69) is 23.5 Å². The maximum absolute atomic E-state index is 9.22. The molecule has 0 fully saturated rings. The second-order valence-corrected chi connectivity index (χ2v) is 5.15. The van der Waals surface area contributed by atoms with Crippen molar-refractivity contribution in [3.05, 3.63) is 68.6 Å². The van der Waals surface area contributed by atoms with Gasteiger partial charge in [0.1, 0.15) is 0 Å². The Labute approximate surface area is 136 Å². The second kappa shape index (κ2) is 6.62. The van der Waals surface area contributed by atoms with Crippen LogP contribution >= 0.6 is 0 Å². The first kappa shape index (κ1) is 16.0. The maximum atomic E-state index is 9.22. The molecule has 0 spiro atoms. The van der Waals surface area contributed by atoms with Crippen LogP contribution in [0.5, 0.6) is 0 Å². The van der Waals surface area contributed by atoms with Crippen molar-refractivity contribution in [3.8, 4) is 12.1 Å². The van der Waals surface area contributed by atoms with E-state index in [9.17, 15) is 10.5 Å². The summed E-state index contributed by atoms with van der Waals surface area (Å²) in [5, 5.41) is 18.4. The second-order valence-electron chi connectivity index (χ2n) is 5.15. The molecule has 0 bridgehead atoms. The first-order valence-electron chi connectivity index (χ1n) is 7.32. The van der Waals surface area contributed by atoms with Gasteiger partial charge >= 0.3 is 0 Å². The lowest BCUT2D eigenvalue weighted by atomic mass is 9.94. The van der Waals surface area contributed by atoms with E-state index in [0.717, 1.165) is 24.0 Å². The van der Waals surface area contributed by atoms with E-state index < -0.39 is 0 Å². The van der Waals surface area contributed by atoms with Crippen LogP contribution in [0, 0.1) is 35.8 Å². The zero-order valence-corrected chi connectivity index (χ0v) is 13.1. The summed E-state index contributed by atoms with van der Waals surface area (Å²) < 4.78 is 0. The summed E-state index contributed by atoms with van der Waals surface area (Å²) in [5.41, 5.74) is 5.31. The first-order chi connectivity index (χ1) is 11.1. The van der Waals surface area contributed by atoms with Crippen molar-refractivity contribution in [1.82, 2.24) is 0 Å². The van der Waals surface area contributed by atoms with Crippen LogP contribution in [-0.2, 0) is 12.8 Å². The smallest absolute Gasteiger partial charge is 0.226 e. The molecule has 0 radical (unpaired) electrons. The molecule has 0 atom stereocenters. The van der Waals surface area contributed by atoms with Gasteiger partial charge in [-0.1, -0.05) is 26.0 Å². The quantitative estimate of drug-likeness (QED) is 0.595. The lowest BCUT2D eigenvalue weighted by molar-refractivity contribution is 1.03. The van der Waals surface area contributed by atoms with Gasteiger partial charge in [0.05, 0.1) is 25.3 Å². The van der Waals surface area contributed by atoms with Gasteiger partial charge in [-0.15, -0.1) is 0 Å². The van der Waals surface area contributed by atoms with Crippen molar-refractivity contribution in [2.75, 3.05) is 0 Å². The van der Waals surface area contributed by atoms with Gasteiger partial charge in [0.25, 0.3) is 11.4 Å². The molecule has 0 amide bonds. The summed E-state index contributed by atoms with van der Waals surface area (Å²) in [7, 11) is 0. The zero-order valence-electron chi connectivity index (χ0n) is 13.1. The molecule has 1 aliphatic rings. The highest BCUT2D eigenvalue weighted by molar-refractivity contribution is 5.97. The van der Waals surface area contributed by atoms with Gasteiger partial charge in [-0.3, -0.25) is 0 Å². The maximum Gasteiger partial charge on any atom is 0.265 e. The predicted molar refractivity (Wildman–Crippen MR) is 88.1 cm³/mol. The number of benzene rings is 1. The molecule has 0 heterocycles. The Morgan fingerprint density at radius 2 is 1.35 bits per heavy atom. The Bertz CT molecular complexity index is 796.